The van der Waals surface area contributed by atoms with Crippen molar-refractivity contribution in [3.63, 3.8) is 0 Å². The molecule has 0 aromatic heterocycles. The highest BCUT2D eigenvalue weighted by atomic mass is 79.9. The summed E-state index contributed by atoms with van der Waals surface area (Å²) in [5, 5.41) is 3.65. The number of carbonyl (C=O) groups is 1. The highest BCUT2D eigenvalue weighted by Gasteiger charge is 2.52. The molecule has 2 atom stereocenters. The lowest BCUT2D eigenvalue weighted by molar-refractivity contribution is -0.123. The van der Waals surface area contributed by atoms with Crippen LogP contribution in [0.25, 0.3) is 6.08 Å². The maximum atomic E-state index is 13.7. The van der Waals surface area contributed by atoms with Gasteiger partial charge in [0.05, 0.1) is 11.5 Å². The van der Waals surface area contributed by atoms with Crippen LogP contribution in [0.1, 0.15) is 24.5 Å². The molecule has 4 heteroatoms. The second-order valence-corrected chi connectivity index (χ2v) is 8.52. The normalized spacial score (nSPS) is 19.2. The first kappa shape index (κ1) is 20.4. The Morgan fingerprint density at radius 2 is 1.67 bits per heavy atom. The van der Waals surface area contributed by atoms with Crippen LogP contribution in [0.3, 0.4) is 0 Å². The summed E-state index contributed by atoms with van der Waals surface area (Å²) in [6.07, 6.45) is 4.93. The lowest BCUT2D eigenvalue weighted by Crippen LogP contribution is -2.50. The number of carbonyl (C=O) groups excluding carboxylic acids is 1. The van der Waals surface area contributed by atoms with Crippen LogP contribution in [0, 0.1) is 0 Å². The quantitative estimate of drug-likeness (QED) is 0.470. The number of fused-ring (bicyclic) bond motifs is 1. The molecule has 0 bridgehead atoms. The van der Waals surface area contributed by atoms with E-state index in [2.05, 4.69) is 58.5 Å². The number of hydrogen-bond donors (Lipinski definition) is 1. The Balaban J connectivity index is 1.82. The topological polar surface area (TPSA) is 32.3 Å². The molecule has 3 aromatic carbocycles. The van der Waals surface area contributed by atoms with Crippen LogP contribution in [-0.4, -0.2) is 19.0 Å². The van der Waals surface area contributed by atoms with Gasteiger partial charge in [-0.15, -0.1) is 0 Å². The van der Waals surface area contributed by atoms with Crippen molar-refractivity contribution in [3.8, 4) is 0 Å². The van der Waals surface area contributed by atoms with Gasteiger partial charge in [0, 0.05) is 22.9 Å². The second-order valence-electron chi connectivity index (χ2n) is 7.60. The summed E-state index contributed by atoms with van der Waals surface area (Å²) in [5.41, 5.74) is 3.48. The molecule has 0 saturated heterocycles. The average molecular weight is 461 g/mol. The highest BCUT2D eigenvalue weighted by molar-refractivity contribution is 9.10. The van der Waals surface area contributed by atoms with E-state index in [4.69, 9.17) is 0 Å². The molecular weight excluding hydrogens is 436 g/mol. The zero-order chi connectivity index (χ0) is 21.1. The van der Waals surface area contributed by atoms with Gasteiger partial charge in [0.15, 0.2) is 0 Å². The largest absolute Gasteiger partial charge is 0.377 e. The van der Waals surface area contributed by atoms with E-state index in [0.29, 0.717) is 6.42 Å². The van der Waals surface area contributed by atoms with E-state index in [1.54, 1.807) is 4.90 Å². The summed E-state index contributed by atoms with van der Waals surface area (Å²) in [5.74, 6) is 0.124. The number of halogens is 1. The van der Waals surface area contributed by atoms with E-state index in [9.17, 15) is 4.79 Å². The minimum atomic E-state index is -0.677. The van der Waals surface area contributed by atoms with Crippen LogP contribution in [0.4, 0.5) is 11.4 Å². The van der Waals surface area contributed by atoms with Crippen molar-refractivity contribution in [3.05, 3.63) is 101 Å². The van der Waals surface area contributed by atoms with Crippen LogP contribution in [0.2, 0.25) is 0 Å². The van der Waals surface area contributed by atoms with E-state index in [1.165, 1.54) is 0 Å². The Bertz CT molecular complexity index is 1060. The highest BCUT2D eigenvalue weighted by Crippen LogP contribution is 2.46. The summed E-state index contributed by atoms with van der Waals surface area (Å²) in [6.45, 7) is 2.10. The van der Waals surface area contributed by atoms with Crippen molar-refractivity contribution >= 4 is 39.3 Å². The maximum absolute atomic E-state index is 13.7. The average Bonchev–Trinajstić information content (AvgIpc) is 3.01. The molecule has 4 rings (SSSR count). The number of para-hydroxylation sites is 1. The maximum Gasteiger partial charge on any atom is 0.239 e. The Hall–Kier alpha value is -2.85. The van der Waals surface area contributed by atoms with Gasteiger partial charge in [-0.3, -0.25) is 4.79 Å². The minimum absolute atomic E-state index is 0.124. The standard InChI is InChI=1S/C26H25BrN2O/c1-3-26(22-11-7-8-12-23(22)29(2)25(26)30)24(18-13-19-9-5-4-6-10-19)28-21-16-14-20(27)15-17-21/h4-18,24,28H,3H2,1-2H3/b18-13+/t24-,26+/m0/s1. The predicted molar refractivity (Wildman–Crippen MR) is 129 cm³/mol. The first-order valence-corrected chi connectivity index (χ1v) is 11.0. The summed E-state index contributed by atoms with van der Waals surface area (Å²) < 4.78 is 1.02. The smallest absolute Gasteiger partial charge is 0.239 e. The molecule has 3 nitrogen and oxygen atoms in total. The first-order valence-electron chi connectivity index (χ1n) is 10.2. The van der Waals surface area contributed by atoms with Gasteiger partial charge in [0.2, 0.25) is 5.91 Å². The lowest BCUT2D eigenvalue weighted by Gasteiger charge is -2.35. The van der Waals surface area contributed by atoms with Gasteiger partial charge in [0.25, 0.3) is 0 Å². The molecule has 1 N–H and O–H groups in total. The fraction of sp³-hybridized carbons (Fsp3) is 0.192. The second kappa shape index (κ2) is 8.49. The molecule has 30 heavy (non-hydrogen) atoms. The molecule has 152 valence electrons. The van der Waals surface area contributed by atoms with Crippen molar-refractivity contribution in [2.24, 2.45) is 0 Å². The number of likely N-dealkylation sites (N-methyl/N-ethyl adjacent to an activating group) is 1. The van der Waals surface area contributed by atoms with E-state index >= 15 is 0 Å². The van der Waals surface area contributed by atoms with Crippen LogP contribution < -0.4 is 10.2 Å². The van der Waals surface area contributed by atoms with Gasteiger partial charge < -0.3 is 10.2 Å². The molecule has 1 amide bonds. The number of nitrogens with one attached hydrogen (secondary N) is 1. The molecule has 0 saturated carbocycles. The number of hydrogen-bond acceptors (Lipinski definition) is 2. The summed E-state index contributed by atoms with van der Waals surface area (Å²) in [7, 11) is 1.87. The number of amides is 1. The SMILES string of the molecule is CC[C@@]1([C@H](/C=C/c2ccccc2)Nc2ccc(Br)cc2)C(=O)N(C)c2ccccc21. The summed E-state index contributed by atoms with van der Waals surface area (Å²) in [6, 6.07) is 26.2. The van der Waals surface area contributed by atoms with E-state index in [0.717, 1.165) is 27.0 Å². The summed E-state index contributed by atoms with van der Waals surface area (Å²) >= 11 is 3.50. The Morgan fingerprint density at radius 3 is 2.37 bits per heavy atom. The third-order valence-corrected chi connectivity index (χ3v) is 6.50. The molecule has 0 fully saturated rings. The molecule has 1 heterocycles. The van der Waals surface area contributed by atoms with Gasteiger partial charge in [-0.1, -0.05) is 83.5 Å². The molecule has 0 spiro atoms. The van der Waals surface area contributed by atoms with E-state index < -0.39 is 5.41 Å². The molecular formula is C26H25BrN2O. The first-order chi connectivity index (χ1) is 14.6. The van der Waals surface area contributed by atoms with Crippen molar-refractivity contribution in [1.29, 1.82) is 0 Å². The summed E-state index contributed by atoms with van der Waals surface area (Å²) in [4.78, 5) is 15.5. The van der Waals surface area contributed by atoms with Gasteiger partial charge >= 0.3 is 0 Å². The fourth-order valence-electron chi connectivity index (χ4n) is 4.36. The van der Waals surface area contributed by atoms with Crippen molar-refractivity contribution in [2.75, 3.05) is 17.3 Å². The number of rotatable bonds is 6. The van der Waals surface area contributed by atoms with E-state index in [-0.39, 0.29) is 11.9 Å². The minimum Gasteiger partial charge on any atom is -0.377 e. The van der Waals surface area contributed by atoms with Crippen LogP contribution in [0.15, 0.2) is 89.4 Å². The third-order valence-electron chi connectivity index (χ3n) is 5.97. The Labute approximate surface area is 186 Å². The predicted octanol–water partition coefficient (Wildman–Crippen LogP) is 6.27. The van der Waals surface area contributed by atoms with Gasteiger partial charge in [-0.05, 0) is 47.9 Å². The Kier molecular flexibility index (Phi) is 5.78. The Morgan fingerprint density at radius 1 is 1.00 bits per heavy atom. The van der Waals surface area contributed by atoms with Crippen LogP contribution in [0.5, 0.6) is 0 Å². The molecule has 1 aliphatic rings. The van der Waals surface area contributed by atoms with Crippen LogP contribution in [-0.2, 0) is 10.2 Å². The molecule has 0 radical (unpaired) electrons. The zero-order valence-corrected chi connectivity index (χ0v) is 18.8. The van der Waals surface area contributed by atoms with Gasteiger partial charge in [0.1, 0.15) is 0 Å². The van der Waals surface area contributed by atoms with Crippen molar-refractivity contribution in [2.45, 2.75) is 24.8 Å². The van der Waals surface area contributed by atoms with Crippen molar-refractivity contribution in [1.82, 2.24) is 0 Å². The number of nitrogens with zero attached hydrogens (tertiary/aromatic N) is 1. The number of anilines is 2. The van der Waals surface area contributed by atoms with Gasteiger partial charge in [-0.25, -0.2) is 0 Å². The lowest BCUT2D eigenvalue weighted by atomic mass is 9.72. The molecule has 3 aromatic rings. The molecule has 0 unspecified atom stereocenters. The zero-order valence-electron chi connectivity index (χ0n) is 17.2. The van der Waals surface area contributed by atoms with E-state index in [1.807, 2.05) is 67.7 Å². The monoisotopic (exact) mass is 460 g/mol. The number of benzene rings is 3. The van der Waals surface area contributed by atoms with Crippen LogP contribution >= 0.6 is 15.9 Å². The third kappa shape index (κ3) is 3.56. The van der Waals surface area contributed by atoms with Gasteiger partial charge in [-0.2, -0.15) is 0 Å². The molecule has 1 aliphatic heterocycles. The van der Waals surface area contributed by atoms with Crippen molar-refractivity contribution < 1.29 is 4.79 Å². The molecule has 0 aliphatic carbocycles. The fourth-order valence-corrected chi connectivity index (χ4v) is 4.63.